The number of para-hydroxylation sites is 1. The number of likely N-dealkylation sites (tertiary alicyclic amines) is 1. The van der Waals surface area contributed by atoms with Crippen LogP contribution in [0.4, 0.5) is 0 Å². The molecule has 39 heavy (non-hydrogen) atoms. The zero-order chi connectivity index (χ0) is 28.1. The number of aliphatic hydroxyl groups is 1. The van der Waals surface area contributed by atoms with Crippen molar-refractivity contribution in [2.45, 2.75) is 62.5 Å². The Morgan fingerprint density at radius 3 is 2.79 bits per heavy atom. The van der Waals surface area contributed by atoms with E-state index < -0.39 is 41.6 Å². The van der Waals surface area contributed by atoms with Crippen LogP contribution >= 0.6 is 15.9 Å². The number of aromatic nitrogens is 3. The maximum absolute atomic E-state index is 14.6. The number of carbonyl (C=O) groups excluding carboxylic acids is 3. The molecule has 5 rings (SSSR count). The molecule has 3 fully saturated rings. The first-order valence-corrected chi connectivity index (χ1v) is 14.2. The van der Waals surface area contributed by atoms with Crippen LogP contribution in [0.3, 0.4) is 0 Å². The Morgan fingerprint density at radius 1 is 1.38 bits per heavy atom. The molecule has 4 heterocycles. The van der Waals surface area contributed by atoms with Crippen LogP contribution in [0.5, 0.6) is 0 Å². The smallest absolute Gasteiger partial charge is 0.312 e. The Labute approximate surface area is 235 Å². The Balaban J connectivity index is 1.59. The highest BCUT2D eigenvalue weighted by Crippen LogP contribution is 2.61. The number of carbonyl (C=O) groups is 3. The van der Waals surface area contributed by atoms with Crippen LogP contribution in [-0.2, 0) is 30.5 Å². The second-order valence-electron chi connectivity index (χ2n) is 10.7. The summed E-state index contributed by atoms with van der Waals surface area (Å²) in [5.41, 5.74) is 0.194. The largest absolute Gasteiger partial charge is 0.466 e. The number of ether oxygens (including phenoxy) is 2. The van der Waals surface area contributed by atoms with E-state index in [0.717, 1.165) is 5.52 Å². The number of alkyl halides is 1. The number of halogens is 1. The van der Waals surface area contributed by atoms with Crippen LogP contribution in [0.1, 0.15) is 27.2 Å². The summed E-state index contributed by atoms with van der Waals surface area (Å²) in [6.45, 7) is 9.40. The zero-order valence-electron chi connectivity index (χ0n) is 22.3. The number of nitrogens with zero attached hydrogens (tertiary/aromatic N) is 5. The van der Waals surface area contributed by atoms with Gasteiger partial charge < -0.3 is 24.4 Å². The number of hydrogen-bond acceptors (Lipinski definition) is 8. The van der Waals surface area contributed by atoms with Crippen molar-refractivity contribution in [2.24, 2.45) is 17.8 Å². The van der Waals surface area contributed by atoms with Crippen molar-refractivity contribution in [1.29, 1.82) is 0 Å². The van der Waals surface area contributed by atoms with Crippen LogP contribution in [0.25, 0.3) is 11.0 Å². The summed E-state index contributed by atoms with van der Waals surface area (Å²) in [7, 11) is 0. The van der Waals surface area contributed by atoms with E-state index in [1.165, 1.54) is 4.90 Å². The quantitative estimate of drug-likeness (QED) is 0.247. The molecule has 1 spiro atoms. The molecule has 12 heteroatoms. The highest BCUT2D eigenvalue weighted by atomic mass is 79.9. The fourth-order valence-corrected chi connectivity index (χ4v) is 7.50. The minimum absolute atomic E-state index is 0.0680. The van der Waals surface area contributed by atoms with Crippen molar-refractivity contribution in [3.63, 3.8) is 0 Å². The molecule has 2 aromatic rings. The SMILES string of the molecule is C=CCN(Cn1nnc2ccccc21)C(=O)C1N([C@@H](CO)C(C)C)C(=O)[C@@H]2[C@H](C(=O)OCC)[C@H]3OC12CC3Br. The number of amides is 2. The first-order valence-electron chi connectivity index (χ1n) is 13.3. The Kier molecular flexibility index (Phi) is 7.55. The standard InChI is InChI=1S/C27H34BrN5O6/c1-5-11-31(14-32-18-10-8-7-9-17(18)29-30-32)25(36)23-27-12-16(28)22(39-27)20(26(37)38-6-2)21(27)24(35)33(23)19(13-34)15(3)4/h5,7-10,15-16,19-23,34H,1,6,11-14H2,2-4H3/t16?,19-,20-,21-,22-,23?,27?/m0/s1. The molecule has 0 saturated carbocycles. The summed E-state index contributed by atoms with van der Waals surface area (Å²) < 4.78 is 13.5. The summed E-state index contributed by atoms with van der Waals surface area (Å²) in [5.74, 6) is -3.15. The van der Waals surface area contributed by atoms with Crippen molar-refractivity contribution < 1.29 is 29.0 Å². The molecule has 7 atom stereocenters. The summed E-state index contributed by atoms with van der Waals surface area (Å²) in [6, 6.07) is 5.73. The average molecular weight is 605 g/mol. The van der Waals surface area contributed by atoms with E-state index >= 15 is 0 Å². The molecule has 0 aliphatic carbocycles. The van der Waals surface area contributed by atoms with Crippen LogP contribution < -0.4 is 0 Å². The molecule has 11 nitrogen and oxygen atoms in total. The number of rotatable bonds is 10. The second-order valence-corrected chi connectivity index (χ2v) is 11.9. The second kappa shape index (κ2) is 10.6. The lowest BCUT2D eigenvalue weighted by atomic mass is 9.70. The Bertz CT molecular complexity index is 1280. The number of hydrogen-bond donors (Lipinski definition) is 1. The molecule has 3 aliphatic rings. The molecule has 210 valence electrons. The number of aliphatic hydroxyl groups excluding tert-OH is 1. The molecule has 2 amide bonds. The van der Waals surface area contributed by atoms with Gasteiger partial charge in [0.1, 0.15) is 23.8 Å². The fourth-order valence-electron chi connectivity index (χ4n) is 6.56. The van der Waals surface area contributed by atoms with Crippen molar-refractivity contribution in [1.82, 2.24) is 24.8 Å². The lowest BCUT2D eigenvalue weighted by molar-refractivity contribution is -0.157. The third kappa shape index (κ3) is 4.27. The zero-order valence-corrected chi connectivity index (χ0v) is 23.9. The van der Waals surface area contributed by atoms with Gasteiger partial charge in [0, 0.05) is 11.4 Å². The topological polar surface area (TPSA) is 127 Å². The molecule has 3 unspecified atom stereocenters. The minimum Gasteiger partial charge on any atom is -0.466 e. The van der Waals surface area contributed by atoms with Gasteiger partial charge in [0.05, 0.1) is 42.7 Å². The average Bonchev–Trinajstić information content (AvgIpc) is 3.62. The van der Waals surface area contributed by atoms with E-state index in [0.29, 0.717) is 11.9 Å². The summed E-state index contributed by atoms with van der Waals surface area (Å²) in [4.78, 5) is 44.7. The van der Waals surface area contributed by atoms with Crippen molar-refractivity contribution >= 4 is 44.7 Å². The number of fused-ring (bicyclic) bond motifs is 2. The van der Waals surface area contributed by atoms with Crippen LogP contribution in [0, 0.1) is 17.8 Å². The molecule has 1 aromatic carbocycles. The third-order valence-corrected chi connectivity index (χ3v) is 9.06. The molecule has 1 N–H and O–H groups in total. The number of benzene rings is 1. The lowest BCUT2D eigenvalue weighted by Gasteiger charge is -2.40. The number of esters is 1. The highest BCUT2D eigenvalue weighted by Gasteiger charge is 2.77. The monoisotopic (exact) mass is 603 g/mol. The van der Waals surface area contributed by atoms with Gasteiger partial charge in [0.25, 0.3) is 0 Å². The van der Waals surface area contributed by atoms with Gasteiger partial charge in [-0.05, 0) is 31.4 Å². The molecular weight excluding hydrogens is 570 g/mol. The van der Waals surface area contributed by atoms with Crippen LogP contribution in [0.15, 0.2) is 36.9 Å². The van der Waals surface area contributed by atoms with Crippen molar-refractivity contribution in [3.8, 4) is 0 Å². The highest BCUT2D eigenvalue weighted by molar-refractivity contribution is 9.09. The van der Waals surface area contributed by atoms with Gasteiger partial charge in [0.15, 0.2) is 0 Å². The van der Waals surface area contributed by atoms with Crippen molar-refractivity contribution in [3.05, 3.63) is 36.9 Å². The van der Waals surface area contributed by atoms with Crippen LogP contribution in [-0.4, -0.2) is 96.1 Å². The molecule has 3 saturated heterocycles. The normalized spacial score (nSPS) is 30.2. The molecule has 0 radical (unpaired) electrons. The Morgan fingerprint density at radius 2 is 2.13 bits per heavy atom. The van der Waals surface area contributed by atoms with Gasteiger partial charge in [-0.2, -0.15) is 0 Å². The van der Waals surface area contributed by atoms with E-state index in [-0.39, 0.29) is 49.0 Å². The molecular formula is C27H34BrN5O6. The fraction of sp³-hybridized carbons (Fsp3) is 0.593. The van der Waals surface area contributed by atoms with E-state index in [4.69, 9.17) is 9.47 Å². The summed E-state index contributed by atoms with van der Waals surface area (Å²) >= 11 is 3.65. The molecule has 1 aromatic heterocycles. The molecule has 2 bridgehead atoms. The summed E-state index contributed by atoms with van der Waals surface area (Å²) in [5, 5.41) is 18.8. The predicted molar refractivity (Wildman–Crippen MR) is 144 cm³/mol. The van der Waals surface area contributed by atoms with Crippen LogP contribution in [0.2, 0.25) is 0 Å². The summed E-state index contributed by atoms with van der Waals surface area (Å²) in [6.07, 6.45) is 1.37. The van der Waals surface area contributed by atoms with Gasteiger partial charge in [-0.25, -0.2) is 4.68 Å². The van der Waals surface area contributed by atoms with Gasteiger partial charge in [-0.3, -0.25) is 14.4 Å². The Hall–Kier alpha value is -2.83. The van der Waals surface area contributed by atoms with E-state index in [1.807, 2.05) is 38.1 Å². The van der Waals surface area contributed by atoms with E-state index in [9.17, 15) is 19.5 Å². The maximum Gasteiger partial charge on any atom is 0.312 e. The van der Waals surface area contributed by atoms with Gasteiger partial charge in [-0.15, -0.1) is 11.7 Å². The predicted octanol–water partition coefficient (Wildman–Crippen LogP) is 1.73. The van der Waals surface area contributed by atoms with E-state index in [1.54, 1.807) is 22.6 Å². The minimum atomic E-state index is -1.25. The van der Waals surface area contributed by atoms with Gasteiger partial charge >= 0.3 is 5.97 Å². The van der Waals surface area contributed by atoms with Gasteiger partial charge in [-0.1, -0.05) is 53.2 Å². The maximum atomic E-state index is 14.6. The van der Waals surface area contributed by atoms with Crippen molar-refractivity contribution in [2.75, 3.05) is 19.8 Å². The molecule has 3 aliphatic heterocycles. The third-order valence-electron chi connectivity index (χ3n) is 8.22. The van der Waals surface area contributed by atoms with E-state index in [2.05, 4.69) is 32.8 Å². The van der Waals surface area contributed by atoms with Gasteiger partial charge in [0.2, 0.25) is 11.8 Å². The lowest BCUT2D eigenvalue weighted by Crippen LogP contribution is -2.60. The first-order chi connectivity index (χ1) is 18.7. The first kappa shape index (κ1) is 27.7.